The Bertz CT molecular complexity index is 1790. The van der Waals surface area contributed by atoms with Gasteiger partial charge in [-0.3, -0.25) is 9.71 Å². The number of carboxylic acids is 1. The number of rotatable bonds is 7. The molecule has 2 heterocycles. The highest BCUT2D eigenvalue weighted by molar-refractivity contribution is 7.93. The number of pyridine rings is 2. The van der Waals surface area contributed by atoms with E-state index in [1.807, 2.05) is 0 Å². The van der Waals surface area contributed by atoms with Crippen molar-refractivity contribution in [3.05, 3.63) is 82.8 Å². The number of nitrogens with zero attached hydrogens (tertiary/aromatic N) is 2. The normalized spacial score (nSPS) is 11.4. The van der Waals surface area contributed by atoms with E-state index in [0.29, 0.717) is 0 Å². The number of sulfonamides is 1. The molecule has 0 aliphatic carbocycles. The number of nitrogens with one attached hydrogen (secondary N) is 1. The van der Waals surface area contributed by atoms with Gasteiger partial charge in [-0.25, -0.2) is 18.2 Å². The second-order valence-electron chi connectivity index (χ2n) is 7.99. The van der Waals surface area contributed by atoms with Gasteiger partial charge in [0.25, 0.3) is 10.0 Å². The van der Waals surface area contributed by atoms with Gasteiger partial charge in [-0.15, -0.1) is 0 Å². The lowest BCUT2D eigenvalue weighted by atomic mass is 10.1. The number of fused-ring (bicyclic) bond motifs is 1. The zero-order chi connectivity index (χ0) is 29.1. The van der Waals surface area contributed by atoms with E-state index in [1.165, 1.54) is 55.9 Å². The largest absolute Gasteiger partial charge is 0.495 e. The first kappa shape index (κ1) is 28.5. The van der Waals surface area contributed by atoms with Crippen LogP contribution in [0.3, 0.4) is 0 Å². The minimum absolute atomic E-state index is 0.0347. The second-order valence-corrected chi connectivity index (χ2v) is 10.1. The van der Waals surface area contributed by atoms with Crippen molar-refractivity contribution in [1.82, 2.24) is 9.97 Å². The minimum atomic E-state index is -4.59. The molecule has 4 aromatic rings. The van der Waals surface area contributed by atoms with Crippen LogP contribution in [-0.2, 0) is 10.0 Å². The number of alkyl halides is 3. The summed E-state index contributed by atoms with van der Waals surface area (Å²) < 4.78 is 77.3. The lowest BCUT2D eigenvalue weighted by Crippen LogP contribution is -2.19. The van der Waals surface area contributed by atoms with Gasteiger partial charge in [0.05, 0.1) is 29.4 Å². The average Bonchev–Trinajstić information content (AvgIpc) is 2.90. The molecule has 9 nitrogen and oxygen atoms in total. The summed E-state index contributed by atoms with van der Waals surface area (Å²) in [5, 5.41) is 9.43. The molecule has 2 N–H and O–H groups in total. The molecule has 0 aliphatic rings. The van der Waals surface area contributed by atoms with Crippen LogP contribution in [0.25, 0.3) is 10.9 Å². The van der Waals surface area contributed by atoms with Gasteiger partial charge >= 0.3 is 12.1 Å². The molecule has 2 aromatic heterocycles. The number of aromatic carboxylic acids is 1. The number of benzene rings is 2. The van der Waals surface area contributed by atoms with Gasteiger partial charge in [-0.05, 0) is 42.5 Å². The van der Waals surface area contributed by atoms with Crippen molar-refractivity contribution < 1.29 is 41.0 Å². The highest BCUT2D eigenvalue weighted by Gasteiger charge is 2.29. The molecule has 4 rings (SSSR count). The Morgan fingerprint density at radius 1 is 1.07 bits per heavy atom. The number of hydrogen-bond donors (Lipinski definition) is 2. The first-order valence-electron chi connectivity index (χ1n) is 11.1. The van der Waals surface area contributed by atoms with E-state index in [4.69, 9.17) is 26.2 Å². The van der Waals surface area contributed by atoms with E-state index in [9.17, 15) is 26.4 Å². The van der Waals surface area contributed by atoms with Gasteiger partial charge in [0.15, 0.2) is 12.3 Å². The summed E-state index contributed by atoms with van der Waals surface area (Å²) in [4.78, 5) is 18.7. The van der Waals surface area contributed by atoms with Crippen LogP contribution in [0, 0.1) is 11.8 Å². The number of aromatic nitrogens is 2. The number of methoxy groups -OCH3 is 1. The summed E-state index contributed by atoms with van der Waals surface area (Å²) in [6.07, 6.45) is -2.10. The molecule has 0 atom stereocenters. The van der Waals surface area contributed by atoms with Crippen LogP contribution in [0.15, 0.2) is 65.8 Å². The molecule has 0 aliphatic heterocycles. The maximum Gasteiger partial charge on any atom is 0.422 e. The van der Waals surface area contributed by atoms with E-state index in [1.54, 1.807) is 0 Å². The zero-order valence-corrected chi connectivity index (χ0v) is 21.9. The van der Waals surface area contributed by atoms with Crippen molar-refractivity contribution in [2.45, 2.75) is 11.1 Å². The van der Waals surface area contributed by atoms with E-state index >= 15 is 0 Å². The Balaban J connectivity index is 1.72. The molecule has 0 bridgehead atoms. The quantitative estimate of drug-likeness (QED) is 0.283. The number of ether oxygens (including phenoxy) is 2. The fraction of sp³-hybridized carbons (Fsp3) is 0.115. The number of hydrogen-bond acceptors (Lipinski definition) is 7. The lowest BCUT2D eigenvalue weighted by molar-refractivity contribution is -0.153. The first-order valence-corrected chi connectivity index (χ1v) is 12.9. The van der Waals surface area contributed by atoms with Crippen molar-refractivity contribution in [2.24, 2.45) is 0 Å². The Morgan fingerprint density at radius 2 is 1.82 bits per heavy atom. The van der Waals surface area contributed by atoms with Crippen molar-refractivity contribution in [3.63, 3.8) is 0 Å². The van der Waals surface area contributed by atoms with E-state index in [-0.39, 0.29) is 54.8 Å². The molecule has 0 spiro atoms. The Hall–Kier alpha value is -4.54. The molecular weight excluding hydrogens is 575 g/mol. The van der Waals surface area contributed by atoms with E-state index in [2.05, 4.69) is 26.5 Å². The van der Waals surface area contributed by atoms with E-state index in [0.717, 1.165) is 12.1 Å². The lowest BCUT2D eigenvalue weighted by Gasteiger charge is -2.15. The first-order chi connectivity index (χ1) is 18.9. The maximum absolute atomic E-state index is 13.4. The molecule has 0 unspecified atom stereocenters. The van der Waals surface area contributed by atoms with Crippen molar-refractivity contribution >= 4 is 44.2 Å². The third kappa shape index (κ3) is 6.53. The molecule has 0 fully saturated rings. The van der Waals surface area contributed by atoms with Crippen molar-refractivity contribution in [2.75, 3.05) is 18.4 Å². The average molecular weight is 592 g/mol. The van der Waals surface area contributed by atoms with Gasteiger partial charge in [-0.2, -0.15) is 13.2 Å². The van der Waals surface area contributed by atoms with Crippen LogP contribution in [0.5, 0.6) is 11.5 Å². The molecule has 0 saturated carbocycles. The summed E-state index contributed by atoms with van der Waals surface area (Å²) in [5.41, 5.74) is 0.0566. The summed E-state index contributed by atoms with van der Waals surface area (Å²) in [6.45, 7) is -1.56. The molecular formula is C26H17ClF3N3O6S. The third-order valence-corrected chi connectivity index (χ3v) is 6.87. The maximum atomic E-state index is 13.4. The van der Waals surface area contributed by atoms with E-state index < -0.39 is 28.8 Å². The fourth-order valence-corrected chi connectivity index (χ4v) is 4.90. The standard InChI is InChI=1S/C26H17ClF3N3O6S/c1-38-22-12-20(25(34)35)32-13-16(22)5-4-15-11-17(27)6-7-19(15)33-40(36,37)23-9-8-21(39-14-26(28,29)30)18-3-2-10-31-24(18)23/h2-3,6-13,33H,14H2,1H3,(H,34,35). The molecule has 206 valence electrons. The minimum Gasteiger partial charge on any atom is -0.495 e. The third-order valence-electron chi connectivity index (χ3n) is 5.24. The monoisotopic (exact) mass is 591 g/mol. The van der Waals surface area contributed by atoms with Crippen LogP contribution in [-0.4, -0.2) is 49.4 Å². The predicted molar refractivity (Wildman–Crippen MR) is 139 cm³/mol. The van der Waals surface area contributed by atoms with Crippen LogP contribution < -0.4 is 14.2 Å². The van der Waals surface area contributed by atoms with Gasteiger partial charge < -0.3 is 14.6 Å². The fourth-order valence-electron chi connectivity index (χ4n) is 3.48. The summed E-state index contributed by atoms with van der Waals surface area (Å²) in [6, 6.07) is 10.4. The van der Waals surface area contributed by atoms with Gasteiger partial charge in [-0.1, -0.05) is 23.4 Å². The predicted octanol–water partition coefficient (Wildman–Crippen LogP) is 5.13. The topological polar surface area (TPSA) is 128 Å². The van der Waals surface area contributed by atoms with Crippen molar-refractivity contribution in [1.29, 1.82) is 0 Å². The SMILES string of the molecule is COc1cc(C(=O)O)ncc1C#Cc1cc(Cl)ccc1NS(=O)(=O)c1ccc(OCC(F)(F)F)c2cccnc12. The second kappa shape index (κ2) is 11.3. The highest BCUT2D eigenvalue weighted by atomic mass is 35.5. The molecule has 0 radical (unpaired) electrons. The summed E-state index contributed by atoms with van der Waals surface area (Å²) in [7, 11) is -3.03. The zero-order valence-electron chi connectivity index (χ0n) is 20.3. The van der Waals surface area contributed by atoms with Crippen LogP contribution in [0.1, 0.15) is 21.6 Å². The number of halogens is 4. The molecule has 0 saturated heterocycles. The van der Waals surface area contributed by atoms with Gasteiger partial charge in [0.2, 0.25) is 0 Å². The summed E-state index contributed by atoms with van der Waals surface area (Å²) in [5.74, 6) is 4.22. The van der Waals surface area contributed by atoms with Crippen LogP contribution in [0.2, 0.25) is 5.02 Å². The Kier molecular flexibility index (Phi) is 8.03. The highest BCUT2D eigenvalue weighted by Crippen LogP contribution is 2.32. The Morgan fingerprint density at radius 3 is 2.52 bits per heavy atom. The molecule has 2 aromatic carbocycles. The number of carbonyl (C=O) groups is 1. The van der Waals surface area contributed by atoms with Gasteiger partial charge in [0.1, 0.15) is 16.4 Å². The number of anilines is 1. The van der Waals surface area contributed by atoms with Crippen LogP contribution >= 0.6 is 11.6 Å². The summed E-state index contributed by atoms with van der Waals surface area (Å²) >= 11 is 6.11. The molecule has 0 amide bonds. The van der Waals surface area contributed by atoms with Crippen molar-refractivity contribution in [3.8, 4) is 23.3 Å². The van der Waals surface area contributed by atoms with Crippen LogP contribution in [0.4, 0.5) is 18.9 Å². The smallest absolute Gasteiger partial charge is 0.422 e. The molecule has 14 heteroatoms. The molecule has 40 heavy (non-hydrogen) atoms. The number of carboxylic acid groups (broad SMARTS) is 1. The van der Waals surface area contributed by atoms with Gasteiger partial charge in [0, 0.05) is 28.9 Å². The Labute approximate surface area is 230 Å².